The van der Waals surface area contributed by atoms with E-state index in [4.69, 9.17) is 0 Å². The molecule has 0 radical (unpaired) electrons. The van der Waals surface area contributed by atoms with Gasteiger partial charge in [-0.15, -0.1) is 0 Å². The van der Waals surface area contributed by atoms with E-state index in [0.717, 1.165) is 38.3 Å². The number of aliphatic hydroxyl groups is 1. The maximum atomic E-state index is 12.6. The van der Waals surface area contributed by atoms with Crippen molar-refractivity contribution in [1.29, 1.82) is 0 Å². The first-order chi connectivity index (χ1) is 11.0. The second-order valence-electron chi connectivity index (χ2n) is 6.71. The van der Waals surface area contributed by atoms with Gasteiger partial charge >= 0.3 is 0 Å². The first kappa shape index (κ1) is 16.4. The molecule has 2 aliphatic heterocycles. The van der Waals surface area contributed by atoms with E-state index in [9.17, 15) is 9.90 Å². The summed E-state index contributed by atoms with van der Waals surface area (Å²) in [5.41, 5.74) is 1.70. The molecular weight excluding hydrogens is 294 g/mol. The van der Waals surface area contributed by atoms with Crippen molar-refractivity contribution in [2.24, 2.45) is 0 Å². The van der Waals surface area contributed by atoms with E-state index in [0.29, 0.717) is 31.9 Å². The summed E-state index contributed by atoms with van der Waals surface area (Å²) in [5.74, 6) is 0.195. The largest absolute Gasteiger partial charge is 0.387 e. The van der Waals surface area contributed by atoms with Crippen molar-refractivity contribution >= 4 is 5.91 Å². The molecule has 1 atom stereocenters. The van der Waals surface area contributed by atoms with Crippen molar-refractivity contribution in [2.75, 3.05) is 46.3 Å². The first-order valence-electron chi connectivity index (χ1n) is 8.46. The van der Waals surface area contributed by atoms with Crippen molar-refractivity contribution in [1.82, 2.24) is 24.5 Å². The third kappa shape index (κ3) is 3.91. The van der Waals surface area contributed by atoms with Gasteiger partial charge in [0.25, 0.3) is 0 Å². The number of likely N-dealkylation sites (N-methyl/N-ethyl adjacent to an activating group) is 1. The second kappa shape index (κ2) is 6.98. The Morgan fingerprint density at radius 1 is 1.26 bits per heavy atom. The Morgan fingerprint density at radius 3 is 2.87 bits per heavy atom. The Bertz CT molecular complexity index is 557. The molecule has 1 amide bonds. The van der Waals surface area contributed by atoms with Gasteiger partial charge < -0.3 is 14.9 Å². The van der Waals surface area contributed by atoms with Gasteiger partial charge in [0.15, 0.2) is 0 Å². The third-order valence-corrected chi connectivity index (χ3v) is 4.77. The molecular formula is C16H27N5O2. The van der Waals surface area contributed by atoms with Crippen LogP contribution in [0.1, 0.15) is 30.8 Å². The molecule has 0 spiro atoms. The highest BCUT2D eigenvalue weighted by Crippen LogP contribution is 2.18. The van der Waals surface area contributed by atoms with Crippen LogP contribution in [-0.2, 0) is 17.9 Å². The molecule has 23 heavy (non-hydrogen) atoms. The lowest BCUT2D eigenvalue weighted by Gasteiger charge is -2.30. The number of rotatable bonds is 3. The molecule has 0 bridgehead atoms. The summed E-state index contributed by atoms with van der Waals surface area (Å²) < 4.78 is 1.91. The summed E-state index contributed by atoms with van der Waals surface area (Å²) in [5, 5.41) is 14.0. The summed E-state index contributed by atoms with van der Waals surface area (Å²) in [4.78, 5) is 19.1. The fourth-order valence-electron chi connectivity index (χ4n) is 3.26. The Hall–Kier alpha value is -1.44. The zero-order valence-corrected chi connectivity index (χ0v) is 14.1. The first-order valence-corrected chi connectivity index (χ1v) is 8.46. The van der Waals surface area contributed by atoms with Crippen LogP contribution in [0.4, 0.5) is 0 Å². The molecule has 3 rings (SSSR count). The number of nitrogens with zero attached hydrogens (tertiary/aromatic N) is 5. The molecule has 7 nitrogen and oxygen atoms in total. The fraction of sp³-hybridized carbons (Fsp3) is 0.750. The number of carbonyl (C=O) groups excluding carboxylic acids is 1. The standard InChI is InChI=1S/C16H27N5O2/c1-13(22)15-10-14-11-20(8-9-21(14)17-15)16(23)12-19-5-3-4-18(2)6-7-19/h10,13,22H,3-9,11-12H2,1-2H3. The van der Waals surface area contributed by atoms with Crippen LogP contribution >= 0.6 is 0 Å². The molecule has 7 heteroatoms. The number of hydrogen-bond acceptors (Lipinski definition) is 5. The molecule has 0 aromatic carbocycles. The van der Waals surface area contributed by atoms with Crippen molar-refractivity contribution < 1.29 is 9.90 Å². The maximum absolute atomic E-state index is 12.6. The normalized spacial score (nSPS) is 21.8. The van der Waals surface area contributed by atoms with E-state index in [1.807, 2.05) is 15.6 Å². The van der Waals surface area contributed by atoms with E-state index >= 15 is 0 Å². The average Bonchev–Trinajstić information content (AvgIpc) is 2.85. The summed E-state index contributed by atoms with van der Waals surface area (Å²) in [6, 6.07) is 1.91. The predicted molar refractivity (Wildman–Crippen MR) is 86.8 cm³/mol. The summed E-state index contributed by atoms with van der Waals surface area (Å²) in [7, 11) is 2.14. The van der Waals surface area contributed by atoms with Gasteiger partial charge in [0.05, 0.1) is 37.1 Å². The van der Waals surface area contributed by atoms with Crippen LogP contribution in [-0.4, -0.2) is 81.8 Å². The van der Waals surface area contributed by atoms with Crippen LogP contribution in [0.25, 0.3) is 0 Å². The zero-order chi connectivity index (χ0) is 16.4. The van der Waals surface area contributed by atoms with E-state index in [-0.39, 0.29) is 5.91 Å². The molecule has 1 aromatic rings. The zero-order valence-electron chi connectivity index (χ0n) is 14.1. The topological polar surface area (TPSA) is 64.8 Å². The van der Waals surface area contributed by atoms with Gasteiger partial charge in [0, 0.05) is 19.6 Å². The van der Waals surface area contributed by atoms with Gasteiger partial charge in [-0.2, -0.15) is 5.10 Å². The minimum Gasteiger partial charge on any atom is -0.387 e. The van der Waals surface area contributed by atoms with Gasteiger partial charge in [-0.1, -0.05) is 0 Å². The van der Waals surface area contributed by atoms with Gasteiger partial charge in [-0.05, 0) is 39.5 Å². The van der Waals surface area contributed by atoms with Gasteiger partial charge in [-0.25, -0.2) is 0 Å². The third-order valence-electron chi connectivity index (χ3n) is 4.77. The van der Waals surface area contributed by atoms with Crippen LogP contribution < -0.4 is 0 Å². The number of aliphatic hydroxyl groups excluding tert-OH is 1. The summed E-state index contributed by atoms with van der Waals surface area (Å²) in [6.45, 7) is 8.30. The lowest BCUT2D eigenvalue weighted by Crippen LogP contribution is -2.44. The lowest BCUT2D eigenvalue weighted by atomic mass is 10.2. The average molecular weight is 321 g/mol. The number of aromatic nitrogens is 2. The Morgan fingerprint density at radius 2 is 2.09 bits per heavy atom. The Balaban J connectivity index is 1.58. The van der Waals surface area contributed by atoms with Crippen molar-refractivity contribution in [3.63, 3.8) is 0 Å². The smallest absolute Gasteiger partial charge is 0.237 e. The molecule has 3 heterocycles. The van der Waals surface area contributed by atoms with E-state index < -0.39 is 6.10 Å². The highest BCUT2D eigenvalue weighted by atomic mass is 16.3. The molecule has 1 N–H and O–H groups in total. The number of amides is 1. The van der Waals surface area contributed by atoms with Crippen LogP contribution in [0.3, 0.4) is 0 Å². The molecule has 0 saturated carbocycles. The van der Waals surface area contributed by atoms with Crippen molar-refractivity contribution in [3.05, 3.63) is 17.5 Å². The molecule has 1 fully saturated rings. The van der Waals surface area contributed by atoms with Gasteiger partial charge in [-0.3, -0.25) is 14.4 Å². The highest BCUT2D eigenvalue weighted by Gasteiger charge is 2.25. The number of hydrogen-bond donors (Lipinski definition) is 1. The second-order valence-corrected chi connectivity index (χ2v) is 6.71. The van der Waals surface area contributed by atoms with Crippen molar-refractivity contribution in [3.8, 4) is 0 Å². The van der Waals surface area contributed by atoms with Crippen LogP contribution in [0, 0.1) is 0 Å². The molecule has 1 saturated heterocycles. The van der Waals surface area contributed by atoms with Crippen LogP contribution in [0.2, 0.25) is 0 Å². The Labute approximate surface area is 137 Å². The minimum atomic E-state index is -0.564. The minimum absolute atomic E-state index is 0.195. The van der Waals surface area contributed by atoms with Gasteiger partial charge in [0.1, 0.15) is 0 Å². The van der Waals surface area contributed by atoms with Gasteiger partial charge in [0.2, 0.25) is 5.91 Å². The molecule has 0 aliphatic carbocycles. The lowest BCUT2D eigenvalue weighted by molar-refractivity contribution is -0.133. The van der Waals surface area contributed by atoms with Crippen molar-refractivity contribution in [2.45, 2.75) is 32.5 Å². The highest BCUT2D eigenvalue weighted by molar-refractivity contribution is 5.78. The fourth-order valence-corrected chi connectivity index (χ4v) is 3.26. The number of fused-ring (bicyclic) bond motifs is 1. The molecule has 1 unspecified atom stereocenters. The molecule has 2 aliphatic rings. The van der Waals surface area contributed by atoms with E-state index in [1.54, 1.807) is 6.92 Å². The Kier molecular flexibility index (Phi) is 4.99. The SMILES string of the molecule is CC(O)c1cc2n(n1)CCN(C(=O)CN1CCCN(C)CC1)C2. The predicted octanol–water partition coefficient (Wildman–Crippen LogP) is -0.0839. The van der Waals surface area contributed by atoms with E-state index in [1.165, 1.54) is 0 Å². The van der Waals surface area contributed by atoms with Crippen LogP contribution in [0.5, 0.6) is 0 Å². The maximum Gasteiger partial charge on any atom is 0.237 e. The van der Waals surface area contributed by atoms with E-state index in [2.05, 4.69) is 21.9 Å². The summed E-state index contributed by atoms with van der Waals surface area (Å²) in [6.07, 6.45) is 0.556. The van der Waals surface area contributed by atoms with Crippen LogP contribution in [0.15, 0.2) is 6.07 Å². The summed E-state index contributed by atoms with van der Waals surface area (Å²) >= 11 is 0. The number of carbonyl (C=O) groups is 1. The monoisotopic (exact) mass is 321 g/mol. The quantitative estimate of drug-likeness (QED) is 0.843. The molecule has 128 valence electrons. The molecule has 1 aromatic heterocycles.